The molecule has 0 fully saturated rings. The normalized spacial score (nSPS) is 16.0. The molecule has 8 nitrogen and oxygen atoms in total. The van der Waals surface area contributed by atoms with E-state index in [1.807, 2.05) is 0 Å². The zero-order valence-corrected chi connectivity index (χ0v) is 19.4. The van der Waals surface area contributed by atoms with E-state index in [9.17, 15) is 26.4 Å². The van der Waals surface area contributed by atoms with Gasteiger partial charge >= 0.3 is 12.1 Å². The van der Waals surface area contributed by atoms with Gasteiger partial charge in [-0.1, -0.05) is 18.2 Å². The van der Waals surface area contributed by atoms with Gasteiger partial charge in [-0.25, -0.2) is 18.4 Å². The molecule has 0 amide bonds. The van der Waals surface area contributed by atoms with Crippen LogP contribution in [0.25, 0.3) is 12.2 Å². The SMILES string of the molecule is O=C(O)CC[C@H]1CN(S(=O)(=O)c2cccc(C(F)(F)F)c2)c2cc(/C=C/c3ccncn3)ccc2O1. The second kappa shape index (κ2) is 9.97. The lowest BCUT2D eigenvalue weighted by Gasteiger charge is -2.35. The van der Waals surface area contributed by atoms with Crippen molar-refractivity contribution in [2.75, 3.05) is 10.8 Å². The van der Waals surface area contributed by atoms with Crippen LogP contribution in [0.3, 0.4) is 0 Å². The molecule has 188 valence electrons. The first-order chi connectivity index (χ1) is 17.0. The largest absolute Gasteiger partial charge is 0.486 e. The van der Waals surface area contributed by atoms with Crippen LogP contribution in [0.1, 0.15) is 29.7 Å². The number of carbonyl (C=O) groups is 1. The van der Waals surface area contributed by atoms with Crippen molar-refractivity contribution in [3.63, 3.8) is 0 Å². The van der Waals surface area contributed by atoms with Gasteiger partial charge in [0.1, 0.15) is 18.2 Å². The number of aliphatic carboxylic acids is 1. The van der Waals surface area contributed by atoms with Crippen molar-refractivity contribution in [1.82, 2.24) is 9.97 Å². The van der Waals surface area contributed by atoms with Crippen molar-refractivity contribution in [3.8, 4) is 5.75 Å². The Labute approximate surface area is 204 Å². The van der Waals surface area contributed by atoms with E-state index >= 15 is 0 Å². The monoisotopic (exact) mass is 519 g/mol. The smallest absolute Gasteiger partial charge is 0.416 e. The second-order valence-electron chi connectivity index (χ2n) is 7.93. The fourth-order valence-corrected chi connectivity index (χ4v) is 5.18. The number of alkyl halides is 3. The molecule has 0 bridgehead atoms. The summed E-state index contributed by atoms with van der Waals surface area (Å²) in [6, 6.07) is 9.90. The molecule has 0 saturated heterocycles. The Balaban J connectivity index is 1.75. The molecule has 0 saturated carbocycles. The summed E-state index contributed by atoms with van der Waals surface area (Å²) in [6.07, 6.45) is 0.530. The van der Waals surface area contributed by atoms with Gasteiger partial charge in [-0.3, -0.25) is 9.10 Å². The number of carboxylic acids is 1. The standard InChI is InChI=1S/C24H20F3N3O5S/c25-24(26,27)17-2-1-3-20(13-17)36(33,34)30-14-19(7-9-23(31)32)35-22-8-5-16(12-21(22)30)4-6-18-10-11-28-15-29-18/h1-6,8,10-13,15,19H,7,9,14H2,(H,31,32)/b6-4+/t19-/m0/s1. The Morgan fingerprint density at radius 2 is 1.97 bits per heavy atom. The van der Waals surface area contributed by atoms with Gasteiger partial charge in [-0.05, 0) is 54.5 Å². The summed E-state index contributed by atoms with van der Waals surface area (Å²) in [4.78, 5) is 18.4. The van der Waals surface area contributed by atoms with Gasteiger partial charge in [0.15, 0.2) is 0 Å². The van der Waals surface area contributed by atoms with Gasteiger partial charge in [-0.15, -0.1) is 0 Å². The maximum absolute atomic E-state index is 13.6. The van der Waals surface area contributed by atoms with Gasteiger partial charge < -0.3 is 9.84 Å². The number of halogens is 3. The zero-order chi connectivity index (χ0) is 25.9. The number of aromatic nitrogens is 2. The maximum Gasteiger partial charge on any atom is 0.416 e. The van der Waals surface area contributed by atoms with Crippen LogP contribution in [0, 0.1) is 0 Å². The van der Waals surface area contributed by atoms with Crippen LogP contribution >= 0.6 is 0 Å². The van der Waals surface area contributed by atoms with Crippen molar-refractivity contribution >= 4 is 33.8 Å². The van der Waals surface area contributed by atoms with Crippen LogP contribution in [0.5, 0.6) is 5.75 Å². The summed E-state index contributed by atoms with van der Waals surface area (Å²) in [5, 5.41) is 9.03. The number of sulfonamides is 1. The van der Waals surface area contributed by atoms with Crippen LogP contribution < -0.4 is 9.04 Å². The number of benzene rings is 2. The molecule has 0 unspecified atom stereocenters. The fraction of sp³-hybridized carbons (Fsp3) is 0.208. The minimum Gasteiger partial charge on any atom is -0.486 e. The number of hydrogen-bond donors (Lipinski definition) is 1. The molecule has 1 aromatic heterocycles. The van der Waals surface area contributed by atoms with E-state index in [4.69, 9.17) is 9.84 Å². The summed E-state index contributed by atoms with van der Waals surface area (Å²) in [6.45, 7) is -0.266. The molecule has 2 aromatic carbocycles. The van der Waals surface area contributed by atoms with Crippen molar-refractivity contribution in [2.45, 2.75) is 30.0 Å². The van der Waals surface area contributed by atoms with Crippen LogP contribution in [0.15, 0.2) is 66.0 Å². The highest BCUT2D eigenvalue weighted by Crippen LogP contribution is 2.39. The first kappa shape index (κ1) is 25.2. The lowest BCUT2D eigenvalue weighted by molar-refractivity contribution is -0.138. The molecule has 3 aromatic rings. The molecular weight excluding hydrogens is 499 g/mol. The molecule has 1 N–H and O–H groups in total. The Morgan fingerprint density at radius 1 is 1.17 bits per heavy atom. The number of hydrogen-bond acceptors (Lipinski definition) is 6. The number of anilines is 1. The highest BCUT2D eigenvalue weighted by molar-refractivity contribution is 7.92. The summed E-state index contributed by atoms with van der Waals surface area (Å²) < 4.78 is 73.7. The number of ether oxygens (including phenoxy) is 1. The summed E-state index contributed by atoms with van der Waals surface area (Å²) >= 11 is 0. The second-order valence-corrected chi connectivity index (χ2v) is 9.79. The molecule has 12 heteroatoms. The predicted octanol–water partition coefficient (Wildman–Crippen LogP) is 4.49. The summed E-state index contributed by atoms with van der Waals surface area (Å²) in [5.41, 5.74) is 0.232. The first-order valence-corrected chi connectivity index (χ1v) is 12.1. The fourth-order valence-electron chi connectivity index (χ4n) is 3.64. The zero-order valence-electron chi connectivity index (χ0n) is 18.6. The lowest BCUT2D eigenvalue weighted by Crippen LogP contribution is -2.43. The van der Waals surface area contributed by atoms with Gasteiger partial charge in [0, 0.05) is 12.6 Å². The summed E-state index contributed by atoms with van der Waals surface area (Å²) in [5.74, 6) is -0.909. The highest BCUT2D eigenvalue weighted by atomic mass is 32.2. The Hall–Kier alpha value is -3.93. The molecule has 36 heavy (non-hydrogen) atoms. The Bertz CT molecular complexity index is 1400. The van der Waals surface area contributed by atoms with E-state index in [1.165, 1.54) is 18.5 Å². The third kappa shape index (κ3) is 5.65. The number of carboxylic acid groups (broad SMARTS) is 1. The molecule has 2 heterocycles. The molecule has 1 atom stereocenters. The van der Waals surface area contributed by atoms with Gasteiger partial charge in [0.25, 0.3) is 10.0 Å². The van der Waals surface area contributed by atoms with Gasteiger partial charge in [0.05, 0.1) is 28.4 Å². The lowest BCUT2D eigenvalue weighted by atomic mass is 10.1. The highest BCUT2D eigenvalue weighted by Gasteiger charge is 2.37. The quantitative estimate of drug-likeness (QED) is 0.490. The third-order valence-corrected chi connectivity index (χ3v) is 7.17. The molecular formula is C24H20F3N3O5S. The van der Waals surface area contributed by atoms with E-state index in [2.05, 4.69) is 9.97 Å². The van der Waals surface area contributed by atoms with Crippen molar-refractivity contribution < 1.29 is 36.2 Å². The minimum absolute atomic E-state index is 0.0126. The average Bonchev–Trinajstić information content (AvgIpc) is 2.85. The van der Waals surface area contributed by atoms with Crippen LogP contribution in [0.2, 0.25) is 0 Å². The van der Waals surface area contributed by atoms with Crippen molar-refractivity contribution in [2.24, 2.45) is 0 Å². The molecule has 1 aliphatic rings. The van der Waals surface area contributed by atoms with Gasteiger partial charge in [0.2, 0.25) is 0 Å². The van der Waals surface area contributed by atoms with E-state index in [0.29, 0.717) is 17.3 Å². The van der Waals surface area contributed by atoms with Crippen molar-refractivity contribution in [1.29, 1.82) is 0 Å². The number of nitrogens with zero attached hydrogens (tertiary/aromatic N) is 3. The molecule has 4 rings (SSSR count). The van der Waals surface area contributed by atoms with Crippen LogP contribution in [-0.4, -0.2) is 42.1 Å². The van der Waals surface area contributed by atoms with Crippen LogP contribution in [0.4, 0.5) is 18.9 Å². The molecule has 0 spiro atoms. The Morgan fingerprint density at radius 3 is 2.67 bits per heavy atom. The molecule has 1 aliphatic heterocycles. The third-order valence-electron chi connectivity index (χ3n) is 5.40. The van der Waals surface area contributed by atoms with E-state index in [1.54, 1.807) is 30.5 Å². The van der Waals surface area contributed by atoms with E-state index in [-0.39, 0.29) is 30.8 Å². The topological polar surface area (TPSA) is 110 Å². The predicted molar refractivity (Wildman–Crippen MR) is 125 cm³/mol. The summed E-state index contributed by atoms with van der Waals surface area (Å²) in [7, 11) is -4.45. The maximum atomic E-state index is 13.6. The molecule has 0 aliphatic carbocycles. The number of fused-ring (bicyclic) bond motifs is 1. The first-order valence-electron chi connectivity index (χ1n) is 10.7. The average molecular weight is 520 g/mol. The minimum atomic E-state index is -4.72. The Kier molecular flexibility index (Phi) is 6.97. The van der Waals surface area contributed by atoms with E-state index in [0.717, 1.165) is 22.5 Å². The van der Waals surface area contributed by atoms with Crippen LogP contribution in [-0.2, 0) is 21.0 Å². The molecule has 0 radical (unpaired) electrons. The van der Waals surface area contributed by atoms with Gasteiger partial charge in [-0.2, -0.15) is 13.2 Å². The number of rotatable bonds is 7. The van der Waals surface area contributed by atoms with Crippen molar-refractivity contribution in [3.05, 3.63) is 77.9 Å². The van der Waals surface area contributed by atoms with E-state index < -0.39 is 38.7 Å².